The number of nitrogens with one attached hydrogen (secondary N) is 2. The summed E-state index contributed by atoms with van der Waals surface area (Å²) in [5.41, 5.74) is 3.27. The fourth-order valence-corrected chi connectivity index (χ4v) is 3.23. The molecule has 0 saturated carbocycles. The Morgan fingerprint density at radius 1 is 1.07 bits per heavy atom. The largest absolute Gasteiger partial charge is 0.483 e. The molecule has 1 atom stereocenters. The first-order chi connectivity index (χ1) is 14.6. The second kappa shape index (κ2) is 8.69. The van der Waals surface area contributed by atoms with Crippen LogP contribution >= 0.6 is 0 Å². The molecular weight excluding hydrogens is 380 g/mol. The Balaban J connectivity index is 1.38. The Morgan fingerprint density at radius 3 is 2.67 bits per heavy atom. The normalized spacial score (nSPS) is 14.8. The van der Waals surface area contributed by atoms with Gasteiger partial charge in [0.1, 0.15) is 11.5 Å². The predicted molar refractivity (Wildman–Crippen MR) is 115 cm³/mol. The van der Waals surface area contributed by atoms with E-state index in [0.717, 1.165) is 12.0 Å². The van der Waals surface area contributed by atoms with Crippen molar-refractivity contribution in [3.8, 4) is 11.5 Å². The van der Waals surface area contributed by atoms with Crippen molar-refractivity contribution < 1.29 is 19.1 Å². The van der Waals surface area contributed by atoms with Gasteiger partial charge in [0.05, 0.1) is 5.69 Å². The van der Waals surface area contributed by atoms with Crippen LogP contribution in [0.1, 0.15) is 18.1 Å². The molecule has 0 saturated heterocycles. The zero-order chi connectivity index (χ0) is 20.9. The van der Waals surface area contributed by atoms with Gasteiger partial charge in [0.25, 0.3) is 11.8 Å². The van der Waals surface area contributed by atoms with Crippen LogP contribution < -0.4 is 20.1 Å². The van der Waals surface area contributed by atoms with Crippen molar-refractivity contribution in [2.24, 2.45) is 0 Å². The molecule has 3 aromatic carbocycles. The summed E-state index contributed by atoms with van der Waals surface area (Å²) in [4.78, 5) is 24.2. The van der Waals surface area contributed by atoms with E-state index in [9.17, 15) is 9.59 Å². The van der Waals surface area contributed by atoms with Crippen LogP contribution in [0.3, 0.4) is 0 Å². The lowest BCUT2D eigenvalue weighted by Gasteiger charge is -2.23. The minimum absolute atomic E-state index is 0.122. The smallest absolute Gasteiger partial charge is 0.265 e. The maximum Gasteiger partial charge on any atom is 0.265 e. The summed E-state index contributed by atoms with van der Waals surface area (Å²) in [6, 6.07) is 22.9. The van der Waals surface area contributed by atoms with E-state index in [-0.39, 0.29) is 18.4 Å². The van der Waals surface area contributed by atoms with Gasteiger partial charge in [0.2, 0.25) is 0 Å². The lowest BCUT2D eigenvalue weighted by molar-refractivity contribution is -0.122. The molecule has 1 aliphatic heterocycles. The van der Waals surface area contributed by atoms with Gasteiger partial charge in [-0.25, -0.2) is 0 Å². The number of fused-ring (bicyclic) bond motifs is 1. The summed E-state index contributed by atoms with van der Waals surface area (Å²) in [6.45, 7) is 1.56. The number of carbonyl (C=O) groups excluding carboxylic acids is 2. The minimum Gasteiger partial charge on any atom is -0.483 e. The number of hydrogen-bond acceptors (Lipinski definition) is 4. The van der Waals surface area contributed by atoms with Crippen molar-refractivity contribution >= 4 is 23.2 Å². The first kappa shape index (κ1) is 19.5. The highest BCUT2D eigenvalue weighted by molar-refractivity contribution is 5.99. The monoisotopic (exact) mass is 402 g/mol. The van der Waals surface area contributed by atoms with E-state index in [4.69, 9.17) is 9.47 Å². The number of rotatable bonds is 6. The van der Waals surface area contributed by atoms with Crippen LogP contribution in [-0.4, -0.2) is 24.5 Å². The molecule has 0 aromatic heterocycles. The summed E-state index contributed by atoms with van der Waals surface area (Å²) < 4.78 is 11.3. The van der Waals surface area contributed by atoms with Crippen LogP contribution in [0.5, 0.6) is 11.5 Å². The average Bonchev–Trinajstić information content (AvgIpc) is 2.75. The quantitative estimate of drug-likeness (QED) is 0.653. The summed E-state index contributed by atoms with van der Waals surface area (Å²) >= 11 is 0. The summed E-state index contributed by atoms with van der Waals surface area (Å²) in [5.74, 6) is 0.744. The number of ether oxygens (including phenoxy) is 2. The summed E-state index contributed by atoms with van der Waals surface area (Å²) in [7, 11) is 0. The van der Waals surface area contributed by atoms with Crippen molar-refractivity contribution in [3.05, 3.63) is 83.9 Å². The molecule has 1 aliphatic rings. The Morgan fingerprint density at radius 2 is 1.83 bits per heavy atom. The maximum absolute atomic E-state index is 12.4. The molecule has 6 heteroatoms. The van der Waals surface area contributed by atoms with Gasteiger partial charge in [0.15, 0.2) is 12.7 Å². The van der Waals surface area contributed by atoms with E-state index < -0.39 is 6.10 Å². The minimum atomic E-state index is -0.540. The molecule has 0 fully saturated rings. The van der Waals surface area contributed by atoms with Crippen molar-refractivity contribution in [1.82, 2.24) is 0 Å². The van der Waals surface area contributed by atoms with Crippen LogP contribution in [0.2, 0.25) is 0 Å². The van der Waals surface area contributed by atoms with Crippen LogP contribution in [0.25, 0.3) is 0 Å². The SMILES string of the molecule is CC1Oc2ccc(NC(=O)COc3ccccc3Cc3ccccc3)cc2NC1=O. The predicted octanol–water partition coefficient (Wildman–Crippen LogP) is 4.01. The fraction of sp³-hybridized carbons (Fsp3) is 0.167. The van der Waals surface area contributed by atoms with Crippen molar-refractivity contribution in [2.45, 2.75) is 19.4 Å². The number of benzene rings is 3. The molecule has 30 heavy (non-hydrogen) atoms. The molecule has 4 rings (SSSR count). The highest BCUT2D eigenvalue weighted by Gasteiger charge is 2.23. The fourth-order valence-electron chi connectivity index (χ4n) is 3.23. The second-order valence-corrected chi connectivity index (χ2v) is 7.07. The highest BCUT2D eigenvalue weighted by Crippen LogP contribution is 2.32. The third-order valence-electron chi connectivity index (χ3n) is 4.76. The third kappa shape index (κ3) is 4.60. The Bertz CT molecular complexity index is 1070. The number of hydrogen-bond donors (Lipinski definition) is 2. The first-order valence-electron chi connectivity index (χ1n) is 9.74. The maximum atomic E-state index is 12.4. The topological polar surface area (TPSA) is 76.7 Å². The van der Waals surface area contributed by atoms with Crippen molar-refractivity contribution in [2.75, 3.05) is 17.2 Å². The third-order valence-corrected chi connectivity index (χ3v) is 4.76. The average molecular weight is 402 g/mol. The van der Waals surface area contributed by atoms with Gasteiger partial charge < -0.3 is 20.1 Å². The van der Waals surface area contributed by atoms with Gasteiger partial charge in [-0.05, 0) is 42.3 Å². The van der Waals surface area contributed by atoms with Gasteiger partial charge in [-0.15, -0.1) is 0 Å². The van der Waals surface area contributed by atoms with E-state index in [1.54, 1.807) is 25.1 Å². The lowest BCUT2D eigenvalue weighted by Crippen LogP contribution is -2.34. The van der Waals surface area contributed by atoms with E-state index in [2.05, 4.69) is 22.8 Å². The number of carbonyl (C=O) groups is 2. The Kier molecular flexibility index (Phi) is 5.66. The Labute approximate surface area is 174 Å². The van der Waals surface area contributed by atoms with Crippen LogP contribution in [-0.2, 0) is 16.0 Å². The zero-order valence-corrected chi connectivity index (χ0v) is 16.6. The van der Waals surface area contributed by atoms with Gasteiger partial charge in [-0.3, -0.25) is 9.59 Å². The molecule has 0 bridgehead atoms. The standard InChI is InChI=1S/C24H22N2O4/c1-16-24(28)26-20-14-19(11-12-22(20)30-16)25-23(27)15-29-21-10-6-5-9-18(21)13-17-7-3-2-4-8-17/h2-12,14,16H,13,15H2,1H3,(H,25,27)(H,26,28). The van der Waals surface area contributed by atoms with Crippen molar-refractivity contribution in [3.63, 3.8) is 0 Å². The number of amides is 2. The van der Waals surface area contributed by atoms with E-state index in [1.165, 1.54) is 5.56 Å². The van der Waals surface area contributed by atoms with E-state index in [0.29, 0.717) is 22.9 Å². The van der Waals surface area contributed by atoms with Gasteiger partial charge >= 0.3 is 0 Å². The molecule has 2 N–H and O–H groups in total. The molecule has 1 unspecified atom stereocenters. The molecule has 0 aliphatic carbocycles. The molecule has 152 valence electrons. The molecule has 2 amide bonds. The molecular formula is C24H22N2O4. The van der Waals surface area contributed by atoms with E-state index in [1.807, 2.05) is 42.5 Å². The molecule has 0 spiro atoms. The number of para-hydroxylation sites is 1. The molecule has 1 heterocycles. The Hall–Kier alpha value is -3.80. The summed E-state index contributed by atoms with van der Waals surface area (Å²) in [5, 5.41) is 5.55. The van der Waals surface area contributed by atoms with Gasteiger partial charge in [-0.2, -0.15) is 0 Å². The molecule has 6 nitrogen and oxygen atoms in total. The van der Waals surface area contributed by atoms with Crippen LogP contribution in [0.4, 0.5) is 11.4 Å². The first-order valence-corrected chi connectivity index (χ1v) is 9.74. The van der Waals surface area contributed by atoms with E-state index >= 15 is 0 Å². The van der Waals surface area contributed by atoms with Gasteiger partial charge in [-0.1, -0.05) is 48.5 Å². The number of anilines is 2. The molecule has 0 radical (unpaired) electrons. The van der Waals surface area contributed by atoms with Crippen molar-refractivity contribution in [1.29, 1.82) is 0 Å². The zero-order valence-electron chi connectivity index (χ0n) is 16.6. The van der Waals surface area contributed by atoms with Crippen LogP contribution in [0.15, 0.2) is 72.8 Å². The van der Waals surface area contributed by atoms with Crippen LogP contribution in [0, 0.1) is 0 Å². The summed E-state index contributed by atoms with van der Waals surface area (Å²) in [6.07, 6.45) is 0.184. The molecule has 3 aromatic rings. The van der Waals surface area contributed by atoms with Gasteiger partial charge in [0, 0.05) is 12.1 Å². The lowest BCUT2D eigenvalue weighted by atomic mass is 10.0. The highest BCUT2D eigenvalue weighted by atomic mass is 16.5. The second-order valence-electron chi connectivity index (χ2n) is 7.07.